The summed E-state index contributed by atoms with van der Waals surface area (Å²) in [5.41, 5.74) is 1.14. The van der Waals surface area contributed by atoms with Gasteiger partial charge in [0.1, 0.15) is 0 Å². The lowest BCUT2D eigenvalue weighted by atomic mass is 10.2. The molecule has 0 amide bonds. The minimum atomic E-state index is 0.708. The Hall–Kier alpha value is -0.730. The molecule has 0 radical (unpaired) electrons. The van der Waals surface area contributed by atoms with E-state index in [1.54, 1.807) is 11.3 Å². The summed E-state index contributed by atoms with van der Waals surface area (Å²) in [6.45, 7) is 4.74. The van der Waals surface area contributed by atoms with E-state index in [1.807, 2.05) is 26.0 Å². The highest BCUT2D eigenvalue weighted by Gasteiger charge is 2.06. The predicted molar refractivity (Wildman–Crippen MR) is 62.7 cm³/mol. The molecule has 0 atom stereocenters. The van der Waals surface area contributed by atoms with E-state index in [0.29, 0.717) is 6.61 Å². The summed E-state index contributed by atoms with van der Waals surface area (Å²) in [5, 5.41) is 3.00. The fraction of sp³-hybridized carbons (Fsp3) is 0.273. The highest BCUT2D eigenvalue weighted by Crippen LogP contribution is 2.36. The first-order valence-electron chi connectivity index (χ1n) is 4.54. The standard InChI is InChI=1S/C11H11ClOS/c1-3-13-10-6-8-4-5-9(12)7(2)11(8)14-10/h4-6H,3H2,1-2H3. The third-order valence-corrected chi connectivity index (χ3v) is 3.73. The van der Waals surface area contributed by atoms with Crippen molar-refractivity contribution in [2.45, 2.75) is 13.8 Å². The fourth-order valence-electron chi connectivity index (χ4n) is 1.41. The molecule has 1 aromatic carbocycles. The number of fused-ring (bicyclic) bond motifs is 1. The van der Waals surface area contributed by atoms with E-state index in [4.69, 9.17) is 16.3 Å². The summed E-state index contributed by atoms with van der Waals surface area (Å²) in [7, 11) is 0. The molecule has 0 saturated heterocycles. The van der Waals surface area contributed by atoms with Crippen LogP contribution in [0.2, 0.25) is 5.02 Å². The molecule has 0 aliphatic heterocycles. The molecular formula is C11H11ClOS. The van der Waals surface area contributed by atoms with E-state index in [9.17, 15) is 0 Å². The molecule has 0 saturated carbocycles. The zero-order chi connectivity index (χ0) is 10.1. The highest BCUT2D eigenvalue weighted by atomic mass is 35.5. The van der Waals surface area contributed by atoms with Crippen molar-refractivity contribution in [2.75, 3.05) is 6.61 Å². The number of halogens is 1. The molecular weight excluding hydrogens is 216 g/mol. The van der Waals surface area contributed by atoms with Gasteiger partial charge in [-0.3, -0.25) is 0 Å². The van der Waals surface area contributed by atoms with Crippen molar-refractivity contribution in [1.82, 2.24) is 0 Å². The van der Waals surface area contributed by atoms with Crippen LogP contribution in [0.15, 0.2) is 18.2 Å². The van der Waals surface area contributed by atoms with Crippen LogP contribution in [-0.2, 0) is 0 Å². The number of ether oxygens (including phenoxy) is 1. The number of aryl methyl sites for hydroxylation is 1. The molecule has 0 unspecified atom stereocenters. The fourth-order valence-corrected chi connectivity index (χ4v) is 2.69. The summed E-state index contributed by atoms with van der Waals surface area (Å²) in [6, 6.07) is 6.03. The van der Waals surface area contributed by atoms with Gasteiger partial charge in [-0.05, 0) is 36.9 Å². The van der Waals surface area contributed by atoms with E-state index in [-0.39, 0.29) is 0 Å². The van der Waals surface area contributed by atoms with E-state index in [1.165, 1.54) is 10.1 Å². The maximum absolute atomic E-state index is 6.04. The third-order valence-electron chi connectivity index (χ3n) is 2.13. The predicted octanol–water partition coefficient (Wildman–Crippen LogP) is 4.26. The molecule has 74 valence electrons. The first-order valence-corrected chi connectivity index (χ1v) is 5.73. The van der Waals surface area contributed by atoms with Crippen molar-refractivity contribution in [3.63, 3.8) is 0 Å². The largest absolute Gasteiger partial charge is 0.484 e. The number of rotatable bonds is 2. The van der Waals surface area contributed by atoms with Gasteiger partial charge in [0.2, 0.25) is 0 Å². The Morgan fingerprint density at radius 1 is 1.43 bits per heavy atom. The van der Waals surface area contributed by atoms with Crippen LogP contribution in [-0.4, -0.2) is 6.61 Å². The average Bonchev–Trinajstić information content (AvgIpc) is 2.56. The quantitative estimate of drug-likeness (QED) is 0.744. The van der Waals surface area contributed by atoms with E-state index in [2.05, 4.69) is 6.07 Å². The second-order valence-corrected chi connectivity index (χ2v) is 4.51. The van der Waals surface area contributed by atoms with Gasteiger partial charge in [0.05, 0.1) is 6.61 Å². The van der Waals surface area contributed by atoms with Crippen LogP contribution in [0.1, 0.15) is 12.5 Å². The molecule has 0 fully saturated rings. The smallest absolute Gasteiger partial charge is 0.174 e. The molecule has 2 aromatic rings. The Bertz CT molecular complexity index is 462. The van der Waals surface area contributed by atoms with Gasteiger partial charge >= 0.3 is 0 Å². The number of thiophene rings is 1. The highest BCUT2D eigenvalue weighted by molar-refractivity contribution is 7.21. The van der Waals surface area contributed by atoms with Gasteiger partial charge in [-0.25, -0.2) is 0 Å². The van der Waals surface area contributed by atoms with Crippen LogP contribution in [0.3, 0.4) is 0 Å². The molecule has 0 aliphatic rings. The summed E-state index contributed by atoms with van der Waals surface area (Å²) in [5.74, 6) is 0. The Morgan fingerprint density at radius 3 is 2.93 bits per heavy atom. The van der Waals surface area contributed by atoms with E-state index in [0.717, 1.165) is 15.6 Å². The van der Waals surface area contributed by atoms with Crippen LogP contribution in [0.5, 0.6) is 5.06 Å². The second kappa shape index (κ2) is 3.79. The molecule has 1 heterocycles. The van der Waals surface area contributed by atoms with Crippen molar-refractivity contribution < 1.29 is 4.74 Å². The van der Waals surface area contributed by atoms with Gasteiger partial charge in [-0.1, -0.05) is 29.0 Å². The molecule has 0 N–H and O–H groups in total. The molecule has 0 spiro atoms. The average molecular weight is 227 g/mol. The second-order valence-electron chi connectivity index (χ2n) is 3.09. The van der Waals surface area contributed by atoms with Crippen molar-refractivity contribution in [1.29, 1.82) is 0 Å². The molecule has 0 aliphatic carbocycles. The van der Waals surface area contributed by atoms with Crippen LogP contribution in [0.4, 0.5) is 0 Å². The monoisotopic (exact) mass is 226 g/mol. The SMILES string of the molecule is CCOc1cc2ccc(Cl)c(C)c2s1. The Balaban J connectivity index is 2.59. The Labute approximate surface area is 92.3 Å². The molecule has 0 bridgehead atoms. The minimum Gasteiger partial charge on any atom is -0.484 e. The number of hydrogen-bond acceptors (Lipinski definition) is 2. The first-order chi connectivity index (χ1) is 6.72. The lowest BCUT2D eigenvalue weighted by Crippen LogP contribution is -1.86. The van der Waals surface area contributed by atoms with Crippen molar-refractivity contribution in [2.24, 2.45) is 0 Å². The van der Waals surface area contributed by atoms with E-state index >= 15 is 0 Å². The summed E-state index contributed by atoms with van der Waals surface area (Å²) in [6.07, 6.45) is 0. The lowest BCUT2D eigenvalue weighted by Gasteiger charge is -1.97. The van der Waals surface area contributed by atoms with Crippen LogP contribution >= 0.6 is 22.9 Å². The third kappa shape index (κ3) is 1.60. The molecule has 3 heteroatoms. The molecule has 1 nitrogen and oxygen atoms in total. The summed E-state index contributed by atoms with van der Waals surface area (Å²) in [4.78, 5) is 0. The Kier molecular flexibility index (Phi) is 2.66. The maximum Gasteiger partial charge on any atom is 0.174 e. The number of hydrogen-bond donors (Lipinski definition) is 0. The van der Waals surface area contributed by atoms with Gasteiger partial charge < -0.3 is 4.74 Å². The van der Waals surface area contributed by atoms with Gasteiger partial charge in [0.15, 0.2) is 5.06 Å². The normalized spacial score (nSPS) is 10.8. The molecule has 2 rings (SSSR count). The van der Waals surface area contributed by atoms with Gasteiger partial charge in [-0.2, -0.15) is 0 Å². The summed E-state index contributed by atoms with van der Waals surface area (Å²) >= 11 is 7.70. The first kappa shape index (κ1) is 9.81. The molecule has 1 aromatic heterocycles. The van der Waals surface area contributed by atoms with E-state index < -0.39 is 0 Å². The van der Waals surface area contributed by atoms with Gasteiger partial charge in [-0.15, -0.1) is 0 Å². The Morgan fingerprint density at radius 2 is 2.21 bits per heavy atom. The topological polar surface area (TPSA) is 9.23 Å². The zero-order valence-electron chi connectivity index (χ0n) is 8.13. The van der Waals surface area contributed by atoms with Gasteiger partial charge in [0.25, 0.3) is 0 Å². The maximum atomic E-state index is 6.04. The number of benzene rings is 1. The van der Waals surface area contributed by atoms with Crippen molar-refractivity contribution in [3.8, 4) is 5.06 Å². The van der Waals surface area contributed by atoms with Crippen molar-refractivity contribution in [3.05, 3.63) is 28.8 Å². The van der Waals surface area contributed by atoms with Crippen LogP contribution < -0.4 is 4.74 Å². The van der Waals surface area contributed by atoms with Crippen molar-refractivity contribution >= 4 is 33.0 Å². The van der Waals surface area contributed by atoms with Crippen LogP contribution in [0, 0.1) is 6.92 Å². The zero-order valence-corrected chi connectivity index (χ0v) is 9.71. The molecule has 14 heavy (non-hydrogen) atoms. The van der Waals surface area contributed by atoms with Gasteiger partial charge in [0, 0.05) is 9.72 Å². The lowest BCUT2D eigenvalue weighted by molar-refractivity contribution is 0.350. The van der Waals surface area contributed by atoms with Crippen LogP contribution in [0.25, 0.3) is 10.1 Å². The summed E-state index contributed by atoms with van der Waals surface area (Å²) < 4.78 is 6.68. The minimum absolute atomic E-state index is 0.708.